The van der Waals surface area contributed by atoms with E-state index in [1.807, 2.05) is 0 Å². The summed E-state index contributed by atoms with van der Waals surface area (Å²) in [4.78, 5) is 37.6. The van der Waals surface area contributed by atoms with E-state index in [-0.39, 0.29) is 22.7 Å². The number of hydrogen-bond acceptors (Lipinski definition) is 9. The van der Waals surface area contributed by atoms with Gasteiger partial charge >= 0.3 is 0 Å². The van der Waals surface area contributed by atoms with E-state index in [4.69, 9.17) is 5.73 Å². The molecule has 0 bridgehead atoms. The number of para-hydroxylation sites is 1. The Morgan fingerprint density at radius 2 is 1.78 bits per heavy atom. The standard InChI is InChI=1S/C16H13N5O5S/c17-16(14(22)12-3-1-2-4-13(12)21(25)26)9-27-15(19-16)18-10-5-7-11(8-6-10)20(23)24/h1-8H,9,17H2,(H,18,19). The molecule has 3 N–H and O–H groups in total. The van der Waals surface area contributed by atoms with Gasteiger partial charge in [-0.2, -0.15) is 0 Å². The summed E-state index contributed by atoms with van der Waals surface area (Å²) in [5.41, 5.74) is 4.51. The van der Waals surface area contributed by atoms with E-state index in [2.05, 4.69) is 10.3 Å². The van der Waals surface area contributed by atoms with E-state index in [1.165, 1.54) is 60.3 Å². The van der Waals surface area contributed by atoms with Crippen molar-refractivity contribution in [1.29, 1.82) is 0 Å². The number of non-ortho nitro benzene ring substituents is 1. The zero-order valence-electron chi connectivity index (χ0n) is 13.7. The van der Waals surface area contributed by atoms with Crippen LogP contribution in [0, 0.1) is 20.2 Å². The Bertz CT molecular complexity index is 962. The van der Waals surface area contributed by atoms with Gasteiger partial charge in [-0.3, -0.25) is 30.8 Å². The van der Waals surface area contributed by atoms with Crippen LogP contribution < -0.4 is 11.1 Å². The van der Waals surface area contributed by atoms with Gasteiger partial charge in [-0.05, 0) is 18.2 Å². The van der Waals surface area contributed by atoms with Gasteiger partial charge < -0.3 is 5.32 Å². The number of aliphatic imine (C=N–C) groups is 1. The molecular weight excluding hydrogens is 374 g/mol. The number of amidine groups is 1. The molecule has 0 fully saturated rings. The predicted octanol–water partition coefficient (Wildman–Crippen LogP) is 2.56. The first kappa shape index (κ1) is 18.5. The number of carbonyl (C=O) groups is 1. The Hall–Kier alpha value is -3.31. The minimum atomic E-state index is -1.64. The maximum Gasteiger partial charge on any atom is 0.280 e. The second-order valence-corrected chi connectivity index (χ2v) is 6.63. The average Bonchev–Trinajstić information content (AvgIpc) is 3.03. The zero-order chi connectivity index (χ0) is 19.6. The van der Waals surface area contributed by atoms with Crippen molar-refractivity contribution >= 4 is 39.8 Å². The number of rotatable bonds is 5. The first-order valence-corrected chi connectivity index (χ1v) is 8.60. The monoisotopic (exact) mass is 387 g/mol. The average molecular weight is 387 g/mol. The smallest absolute Gasteiger partial charge is 0.280 e. The molecule has 0 spiro atoms. The highest BCUT2D eigenvalue weighted by atomic mass is 32.2. The molecule has 10 nitrogen and oxygen atoms in total. The fourth-order valence-corrected chi connectivity index (χ4v) is 3.42. The number of nitrogens with two attached hydrogens (primary N) is 1. The third-order valence-corrected chi connectivity index (χ3v) is 4.85. The number of nitrogens with one attached hydrogen (secondary N) is 1. The molecule has 3 rings (SSSR count). The molecule has 0 aliphatic carbocycles. The van der Waals surface area contributed by atoms with Gasteiger partial charge in [0, 0.05) is 29.6 Å². The second-order valence-electron chi connectivity index (χ2n) is 5.66. The van der Waals surface area contributed by atoms with Crippen LogP contribution in [-0.4, -0.2) is 32.2 Å². The van der Waals surface area contributed by atoms with Crippen LogP contribution in [0.25, 0.3) is 0 Å². The van der Waals surface area contributed by atoms with Crippen LogP contribution in [0.15, 0.2) is 53.5 Å². The summed E-state index contributed by atoms with van der Waals surface area (Å²) in [6, 6.07) is 11.2. The molecule has 0 aromatic heterocycles. The van der Waals surface area contributed by atoms with E-state index in [0.29, 0.717) is 10.9 Å². The number of Topliss-reactive ketones (excluding diaryl/α,β-unsaturated/α-hetero) is 1. The van der Waals surface area contributed by atoms with Gasteiger partial charge in [-0.1, -0.05) is 23.9 Å². The summed E-state index contributed by atoms with van der Waals surface area (Å²) >= 11 is 1.18. The lowest BCUT2D eigenvalue weighted by molar-refractivity contribution is -0.385. The highest BCUT2D eigenvalue weighted by molar-refractivity contribution is 8.14. The topological polar surface area (TPSA) is 154 Å². The van der Waals surface area contributed by atoms with Crippen molar-refractivity contribution < 1.29 is 14.6 Å². The number of ketones is 1. The molecule has 11 heteroatoms. The fraction of sp³-hybridized carbons (Fsp3) is 0.125. The summed E-state index contributed by atoms with van der Waals surface area (Å²) in [6.45, 7) is 0. The number of nitrogens with zero attached hydrogens (tertiary/aromatic N) is 3. The van der Waals surface area contributed by atoms with Crippen molar-refractivity contribution in [2.24, 2.45) is 10.7 Å². The number of carbonyl (C=O) groups excluding carboxylic acids is 1. The molecular formula is C16H13N5O5S. The lowest BCUT2D eigenvalue weighted by atomic mass is 9.99. The van der Waals surface area contributed by atoms with Crippen molar-refractivity contribution in [3.63, 3.8) is 0 Å². The number of benzene rings is 2. The van der Waals surface area contributed by atoms with Crippen LogP contribution in [0.3, 0.4) is 0 Å². The van der Waals surface area contributed by atoms with Gasteiger partial charge in [0.15, 0.2) is 10.8 Å². The van der Waals surface area contributed by atoms with Crippen molar-refractivity contribution in [2.45, 2.75) is 5.66 Å². The zero-order valence-corrected chi connectivity index (χ0v) is 14.5. The van der Waals surface area contributed by atoms with E-state index in [1.54, 1.807) is 0 Å². The van der Waals surface area contributed by atoms with E-state index in [9.17, 15) is 25.0 Å². The maximum absolute atomic E-state index is 12.8. The molecule has 2 aromatic rings. The minimum absolute atomic E-state index is 0.0544. The predicted molar refractivity (Wildman–Crippen MR) is 101 cm³/mol. The molecule has 2 aromatic carbocycles. The third kappa shape index (κ3) is 3.78. The van der Waals surface area contributed by atoms with Crippen molar-refractivity contribution in [2.75, 3.05) is 11.1 Å². The Morgan fingerprint density at radius 3 is 2.41 bits per heavy atom. The van der Waals surface area contributed by atoms with Crippen molar-refractivity contribution in [3.05, 3.63) is 74.3 Å². The van der Waals surface area contributed by atoms with E-state index < -0.39 is 21.3 Å². The van der Waals surface area contributed by atoms with Crippen LogP contribution >= 0.6 is 11.8 Å². The molecule has 1 aliphatic heterocycles. The normalized spacial score (nSPS) is 18.6. The van der Waals surface area contributed by atoms with Crippen LogP contribution in [0.4, 0.5) is 17.1 Å². The Morgan fingerprint density at radius 1 is 1.11 bits per heavy atom. The van der Waals surface area contributed by atoms with E-state index >= 15 is 0 Å². The molecule has 1 atom stereocenters. The quantitative estimate of drug-likeness (QED) is 0.451. The maximum atomic E-state index is 12.8. The van der Waals surface area contributed by atoms with E-state index in [0.717, 1.165) is 0 Å². The third-order valence-electron chi connectivity index (χ3n) is 3.80. The molecule has 1 unspecified atom stereocenters. The summed E-state index contributed by atoms with van der Waals surface area (Å²) in [5.74, 6) is -0.546. The number of thioether (sulfide) groups is 1. The number of hydrogen-bond donors (Lipinski definition) is 2. The Kier molecular flexibility index (Phi) is 4.88. The molecule has 1 aliphatic rings. The minimum Gasteiger partial charge on any atom is -0.335 e. The Balaban J connectivity index is 1.82. The largest absolute Gasteiger partial charge is 0.335 e. The van der Waals surface area contributed by atoms with Gasteiger partial charge in [0.25, 0.3) is 11.4 Å². The molecule has 27 heavy (non-hydrogen) atoms. The van der Waals surface area contributed by atoms with Gasteiger partial charge in [-0.15, -0.1) is 0 Å². The Labute approximate surface area is 156 Å². The summed E-state index contributed by atoms with van der Waals surface area (Å²) < 4.78 is 0. The lowest BCUT2D eigenvalue weighted by Crippen LogP contribution is -2.47. The molecule has 0 saturated heterocycles. The first-order chi connectivity index (χ1) is 12.8. The number of nitro benzene ring substituents is 2. The number of anilines is 1. The van der Waals surface area contributed by atoms with Crippen molar-refractivity contribution in [3.8, 4) is 0 Å². The number of nitro groups is 2. The molecule has 0 amide bonds. The molecule has 1 heterocycles. The van der Waals surface area contributed by atoms with Crippen LogP contribution in [0.1, 0.15) is 10.4 Å². The van der Waals surface area contributed by atoms with Gasteiger partial charge in [0.05, 0.1) is 15.4 Å². The summed E-state index contributed by atoms with van der Waals surface area (Å²) in [5, 5.41) is 25.1. The highest BCUT2D eigenvalue weighted by Gasteiger charge is 2.42. The molecule has 138 valence electrons. The van der Waals surface area contributed by atoms with Crippen molar-refractivity contribution in [1.82, 2.24) is 0 Å². The molecule has 0 saturated carbocycles. The summed E-state index contributed by atoms with van der Waals surface area (Å²) in [6.07, 6.45) is 0. The van der Waals surface area contributed by atoms with Crippen LogP contribution in [0.2, 0.25) is 0 Å². The lowest BCUT2D eigenvalue weighted by Gasteiger charge is -2.17. The van der Waals surface area contributed by atoms with Crippen LogP contribution in [0.5, 0.6) is 0 Å². The van der Waals surface area contributed by atoms with Crippen LogP contribution in [-0.2, 0) is 0 Å². The second kappa shape index (κ2) is 7.13. The SMILES string of the molecule is NC1(C(=O)c2ccccc2[N+](=O)[O-])CSC(Nc2ccc([N+](=O)[O-])cc2)=N1. The first-order valence-electron chi connectivity index (χ1n) is 7.61. The molecule has 0 radical (unpaired) electrons. The van der Waals surface area contributed by atoms with Gasteiger partial charge in [-0.25, -0.2) is 4.99 Å². The van der Waals surface area contributed by atoms with Gasteiger partial charge in [0.2, 0.25) is 5.78 Å². The fourth-order valence-electron chi connectivity index (χ4n) is 2.45. The van der Waals surface area contributed by atoms with Gasteiger partial charge in [0.1, 0.15) is 0 Å². The highest BCUT2D eigenvalue weighted by Crippen LogP contribution is 2.31. The summed E-state index contributed by atoms with van der Waals surface area (Å²) in [7, 11) is 0.